The first-order chi connectivity index (χ1) is 10.5. The second kappa shape index (κ2) is 6.20. The smallest absolute Gasteiger partial charge is 0.252 e. The zero-order valence-corrected chi connectivity index (χ0v) is 14.8. The lowest BCUT2D eigenvalue weighted by atomic mass is 9.71. The molecule has 0 aliphatic carbocycles. The number of hydrogen-bond acceptors (Lipinski definition) is 5. The highest BCUT2D eigenvalue weighted by atomic mass is 32.2. The maximum Gasteiger partial charge on any atom is 0.252 e. The normalized spacial score (nSPS) is 26.7. The van der Waals surface area contributed by atoms with Crippen molar-refractivity contribution in [1.29, 1.82) is 0 Å². The third-order valence-electron chi connectivity index (χ3n) is 5.16. The zero-order valence-electron chi connectivity index (χ0n) is 13.2. The molecule has 5 nitrogen and oxygen atoms in total. The molecule has 1 aromatic rings. The summed E-state index contributed by atoms with van der Waals surface area (Å²) >= 11 is 1.30. The second-order valence-electron chi connectivity index (χ2n) is 6.55. The summed E-state index contributed by atoms with van der Waals surface area (Å²) in [5, 5.41) is 1.82. The molecule has 0 amide bonds. The Morgan fingerprint density at radius 1 is 1.41 bits per heavy atom. The largest absolute Gasteiger partial charge is 0.384 e. The minimum atomic E-state index is -3.30. The van der Waals surface area contributed by atoms with Crippen LogP contribution < -0.4 is 0 Å². The molecule has 0 radical (unpaired) electrons. The number of methoxy groups -OCH3 is 1. The Labute approximate surface area is 136 Å². The molecule has 2 aliphatic heterocycles. The van der Waals surface area contributed by atoms with Crippen molar-refractivity contribution >= 4 is 21.4 Å². The van der Waals surface area contributed by atoms with Crippen LogP contribution in [0.4, 0.5) is 0 Å². The third kappa shape index (κ3) is 2.85. The quantitative estimate of drug-likeness (QED) is 0.835. The molecule has 22 heavy (non-hydrogen) atoms. The van der Waals surface area contributed by atoms with Crippen LogP contribution in [-0.4, -0.2) is 64.6 Å². The van der Waals surface area contributed by atoms with Gasteiger partial charge >= 0.3 is 0 Å². The van der Waals surface area contributed by atoms with Gasteiger partial charge in [-0.15, -0.1) is 11.3 Å². The van der Waals surface area contributed by atoms with Gasteiger partial charge in [-0.1, -0.05) is 6.07 Å². The van der Waals surface area contributed by atoms with Crippen LogP contribution in [0.15, 0.2) is 21.7 Å². The van der Waals surface area contributed by atoms with E-state index in [0.717, 1.165) is 32.5 Å². The first-order valence-corrected chi connectivity index (χ1v) is 10.0. The number of sulfonamides is 1. The molecule has 0 aromatic carbocycles. The predicted octanol–water partition coefficient (Wildman–Crippen LogP) is 1.73. The zero-order chi connectivity index (χ0) is 15.8. The SMILES string of the molecule is COCC1CN(C)CC12CCN(S(=O)(=O)c1cccs1)CC2. The van der Waals surface area contributed by atoms with Crippen LogP contribution in [0.3, 0.4) is 0 Å². The Kier molecular flexibility index (Phi) is 4.62. The van der Waals surface area contributed by atoms with Gasteiger partial charge in [-0.2, -0.15) is 4.31 Å². The van der Waals surface area contributed by atoms with Gasteiger partial charge in [0.1, 0.15) is 4.21 Å². The highest BCUT2D eigenvalue weighted by Gasteiger charge is 2.48. The van der Waals surface area contributed by atoms with Gasteiger partial charge in [0.15, 0.2) is 0 Å². The molecule has 124 valence electrons. The molecule has 1 unspecified atom stereocenters. The van der Waals surface area contributed by atoms with E-state index in [1.165, 1.54) is 11.3 Å². The lowest BCUT2D eigenvalue weighted by molar-refractivity contribution is 0.0570. The van der Waals surface area contributed by atoms with E-state index < -0.39 is 10.0 Å². The highest BCUT2D eigenvalue weighted by molar-refractivity contribution is 7.91. The summed E-state index contributed by atoms with van der Waals surface area (Å²) in [7, 11) is 0.596. The first-order valence-electron chi connectivity index (χ1n) is 7.69. The van der Waals surface area contributed by atoms with Gasteiger partial charge < -0.3 is 9.64 Å². The molecule has 0 bridgehead atoms. The Morgan fingerprint density at radius 2 is 2.14 bits per heavy atom. The molecule has 7 heteroatoms. The monoisotopic (exact) mass is 344 g/mol. The average molecular weight is 345 g/mol. The van der Waals surface area contributed by atoms with Gasteiger partial charge in [-0.05, 0) is 36.8 Å². The second-order valence-corrected chi connectivity index (χ2v) is 9.66. The van der Waals surface area contributed by atoms with Crippen molar-refractivity contribution in [2.45, 2.75) is 17.1 Å². The fraction of sp³-hybridized carbons (Fsp3) is 0.733. The van der Waals surface area contributed by atoms with E-state index in [0.29, 0.717) is 23.2 Å². The van der Waals surface area contributed by atoms with Crippen molar-refractivity contribution in [2.75, 3.05) is 46.9 Å². The van der Waals surface area contributed by atoms with Crippen molar-refractivity contribution in [2.24, 2.45) is 11.3 Å². The topological polar surface area (TPSA) is 49.9 Å². The number of hydrogen-bond donors (Lipinski definition) is 0. The molecule has 2 fully saturated rings. The molecule has 0 N–H and O–H groups in total. The van der Waals surface area contributed by atoms with Crippen LogP contribution in [0.1, 0.15) is 12.8 Å². The number of piperidine rings is 1. The molecule has 3 rings (SSSR count). The van der Waals surface area contributed by atoms with Gasteiger partial charge in [0, 0.05) is 39.2 Å². The molecule has 2 aliphatic rings. The minimum Gasteiger partial charge on any atom is -0.384 e. The summed E-state index contributed by atoms with van der Waals surface area (Å²) in [6, 6.07) is 3.49. The van der Waals surface area contributed by atoms with Gasteiger partial charge in [0.05, 0.1) is 6.61 Å². The van der Waals surface area contributed by atoms with E-state index in [9.17, 15) is 8.42 Å². The Hall–Kier alpha value is -0.470. The summed E-state index contributed by atoms with van der Waals surface area (Å²) in [6.45, 7) is 4.10. The summed E-state index contributed by atoms with van der Waals surface area (Å²) in [6.07, 6.45) is 1.85. The van der Waals surface area contributed by atoms with Crippen LogP contribution >= 0.6 is 11.3 Å². The lowest BCUT2D eigenvalue weighted by Gasteiger charge is -2.41. The number of likely N-dealkylation sites (tertiary alicyclic amines) is 1. The van der Waals surface area contributed by atoms with Crippen LogP contribution in [0.25, 0.3) is 0 Å². The fourth-order valence-electron chi connectivity index (χ4n) is 4.01. The van der Waals surface area contributed by atoms with Crippen molar-refractivity contribution in [1.82, 2.24) is 9.21 Å². The Morgan fingerprint density at radius 3 is 2.73 bits per heavy atom. The number of ether oxygens (including phenoxy) is 1. The minimum absolute atomic E-state index is 0.215. The van der Waals surface area contributed by atoms with E-state index in [2.05, 4.69) is 11.9 Å². The molecule has 3 heterocycles. The van der Waals surface area contributed by atoms with Crippen LogP contribution in [0.5, 0.6) is 0 Å². The maximum atomic E-state index is 12.6. The first kappa shape index (κ1) is 16.4. The standard InChI is InChI=1S/C15H24N2O3S2/c1-16-10-13(11-20-2)15(12-16)5-7-17(8-6-15)22(18,19)14-4-3-9-21-14/h3-4,9,13H,5-8,10-12H2,1-2H3. The maximum absolute atomic E-state index is 12.6. The van der Waals surface area contributed by atoms with Crippen LogP contribution in [0.2, 0.25) is 0 Å². The van der Waals surface area contributed by atoms with E-state index >= 15 is 0 Å². The van der Waals surface area contributed by atoms with Crippen molar-refractivity contribution in [3.05, 3.63) is 17.5 Å². The average Bonchev–Trinajstić information content (AvgIpc) is 3.10. The van der Waals surface area contributed by atoms with E-state index in [1.807, 2.05) is 5.38 Å². The van der Waals surface area contributed by atoms with Gasteiger partial charge in [0.2, 0.25) is 0 Å². The molecule has 1 spiro atoms. The van der Waals surface area contributed by atoms with Gasteiger partial charge in [-0.25, -0.2) is 8.42 Å². The number of thiophene rings is 1. The molecule has 1 aromatic heterocycles. The summed E-state index contributed by atoms with van der Waals surface area (Å²) in [5.41, 5.74) is 0.215. The van der Waals surface area contributed by atoms with Crippen molar-refractivity contribution in [3.8, 4) is 0 Å². The molecule has 1 atom stereocenters. The fourth-order valence-corrected chi connectivity index (χ4v) is 6.59. The highest BCUT2D eigenvalue weighted by Crippen LogP contribution is 2.45. The summed E-state index contributed by atoms with van der Waals surface area (Å²) in [5.74, 6) is 0.508. The van der Waals surface area contributed by atoms with Gasteiger partial charge in [-0.3, -0.25) is 0 Å². The van der Waals surface area contributed by atoms with Crippen LogP contribution in [0, 0.1) is 11.3 Å². The number of rotatable bonds is 4. The predicted molar refractivity (Wildman–Crippen MR) is 87.6 cm³/mol. The Balaban J connectivity index is 1.72. The van der Waals surface area contributed by atoms with Gasteiger partial charge in [0.25, 0.3) is 10.0 Å². The van der Waals surface area contributed by atoms with E-state index in [4.69, 9.17) is 4.74 Å². The summed E-state index contributed by atoms with van der Waals surface area (Å²) < 4.78 is 32.8. The van der Waals surface area contributed by atoms with Crippen LogP contribution in [-0.2, 0) is 14.8 Å². The van der Waals surface area contributed by atoms with E-state index in [-0.39, 0.29) is 5.41 Å². The lowest BCUT2D eigenvalue weighted by Crippen LogP contribution is -2.46. The number of nitrogens with zero attached hydrogens (tertiary/aromatic N) is 2. The van der Waals surface area contributed by atoms with Crippen molar-refractivity contribution in [3.63, 3.8) is 0 Å². The molecule has 2 saturated heterocycles. The van der Waals surface area contributed by atoms with Crippen molar-refractivity contribution < 1.29 is 13.2 Å². The van der Waals surface area contributed by atoms with E-state index in [1.54, 1.807) is 23.5 Å². The summed E-state index contributed by atoms with van der Waals surface area (Å²) in [4.78, 5) is 2.35. The third-order valence-corrected chi connectivity index (χ3v) is 8.43. The molecular formula is C15H24N2O3S2. The molecule has 0 saturated carbocycles. The Bertz CT molecular complexity index is 592. The molecular weight excluding hydrogens is 320 g/mol.